The number of benzene rings is 1. The molecule has 1 aromatic heterocycles. The smallest absolute Gasteiger partial charge is 0.256 e. The van der Waals surface area contributed by atoms with Gasteiger partial charge in [-0.3, -0.25) is 9.59 Å². The third-order valence-electron chi connectivity index (χ3n) is 3.40. The largest absolute Gasteiger partial charge is 0.359 e. The van der Waals surface area contributed by atoms with Crippen LogP contribution in [-0.4, -0.2) is 24.0 Å². The summed E-state index contributed by atoms with van der Waals surface area (Å²) in [6.45, 7) is 2.31. The highest BCUT2D eigenvalue weighted by Gasteiger charge is 2.41. The van der Waals surface area contributed by atoms with E-state index in [-0.39, 0.29) is 17.9 Å². The Kier molecular flexibility index (Phi) is 4.22. The molecule has 1 aliphatic heterocycles. The molecule has 0 aliphatic carbocycles. The number of thiophene rings is 1. The lowest BCUT2D eigenvalue weighted by molar-refractivity contribution is -0.117. The molecule has 1 fully saturated rings. The topological polar surface area (TPSA) is 70.7 Å². The Bertz CT molecular complexity index is 684. The van der Waals surface area contributed by atoms with E-state index in [0.29, 0.717) is 17.8 Å². The van der Waals surface area contributed by atoms with Gasteiger partial charge >= 0.3 is 0 Å². The van der Waals surface area contributed by atoms with Crippen LogP contribution >= 0.6 is 11.3 Å². The molecule has 0 bridgehead atoms. The van der Waals surface area contributed by atoms with Crippen LogP contribution in [0, 0.1) is 0 Å². The van der Waals surface area contributed by atoms with E-state index in [2.05, 4.69) is 10.6 Å². The van der Waals surface area contributed by atoms with Crippen LogP contribution in [0.15, 0.2) is 41.8 Å². The average molecular weight is 316 g/mol. The number of carbonyl (C=O) groups is 2. The fraction of sp³-hybridized carbons (Fsp3) is 0.250. The summed E-state index contributed by atoms with van der Waals surface area (Å²) < 4.78 is 5.14. The second kappa shape index (κ2) is 6.29. The number of hydrogen-bond donors (Lipinski definition) is 2. The normalized spacial score (nSPS) is 19.5. The first-order valence-corrected chi connectivity index (χ1v) is 7.89. The molecule has 3 rings (SSSR count). The first-order chi connectivity index (χ1) is 10.6. The van der Waals surface area contributed by atoms with Crippen LogP contribution in [0.5, 0.6) is 0 Å². The maximum atomic E-state index is 12.3. The molecule has 2 N–H and O–H groups in total. The van der Waals surface area contributed by atoms with Crippen LogP contribution in [0.4, 0.5) is 5.69 Å². The molecular formula is C16H16N2O3S. The van der Waals surface area contributed by atoms with Gasteiger partial charge in [-0.05, 0) is 30.5 Å². The second-order valence-corrected chi connectivity index (χ2v) is 6.09. The minimum atomic E-state index is -0.415. The number of anilines is 1. The van der Waals surface area contributed by atoms with E-state index < -0.39 is 6.10 Å². The van der Waals surface area contributed by atoms with Gasteiger partial charge in [-0.1, -0.05) is 18.2 Å². The van der Waals surface area contributed by atoms with E-state index in [1.807, 2.05) is 24.4 Å². The van der Waals surface area contributed by atoms with Crippen molar-refractivity contribution >= 4 is 28.8 Å². The minimum Gasteiger partial charge on any atom is -0.359 e. The van der Waals surface area contributed by atoms with Crippen LogP contribution < -0.4 is 10.6 Å². The van der Waals surface area contributed by atoms with Crippen molar-refractivity contribution in [2.45, 2.75) is 25.7 Å². The van der Waals surface area contributed by atoms with Gasteiger partial charge in [0.25, 0.3) is 11.8 Å². The zero-order valence-corrected chi connectivity index (χ0v) is 12.9. The molecule has 22 heavy (non-hydrogen) atoms. The zero-order valence-electron chi connectivity index (χ0n) is 12.0. The lowest BCUT2D eigenvalue weighted by Gasteiger charge is -2.10. The summed E-state index contributed by atoms with van der Waals surface area (Å²) in [5.74, 6) is -0.430. The first-order valence-electron chi connectivity index (χ1n) is 7.01. The fourth-order valence-electron chi connectivity index (χ4n) is 2.13. The molecule has 114 valence electrons. The Morgan fingerprint density at radius 2 is 2.00 bits per heavy atom. The van der Waals surface area contributed by atoms with Crippen molar-refractivity contribution < 1.29 is 14.3 Å². The standard InChI is InChI=1S/C16H16N2O3S/c1-10-14(21-10)16(20)18-13-7-3-2-6-12(13)15(19)17-9-11-5-4-8-22-11/h2-8,10,14H,9H2,1H3,(H,17,19)(H,18,20)/t10-,14+/m0/s1. The van der Waals surface area contributed by atoms with E-state index in [0.717, 1.165) is 4.88 Å². The van der Waals surface area contributed by atoms with Crippen LogP contribution in [0.3, 0.4) is 0 Å². The first kappa shape index (κ1) is 14.7. The van der Waals surface area contributed by atoms with Crippen LogP contribution in [-0.2, 0) is 16.1 Å². The number of rotatable bonds is 5. The summed E-state index contributed by atoms with van der Waals surface area (Å²) in [5.41, 5.74) is 0.944. The van der Waals surface area contributed by atoms with Gasteiger partial charge in [0, 0.05) is 4.88 Å². The van der Waals surface area contributed by atoms with Gasteiger partial charge < -0.3 is 15.4 Å². The van der Waals surface area contributed by atoms with E-state index in [9.17, 15) is 9.59 Å². The number of epoxide rings is 1. The molecule has 1 aromatic carbocycles. The molecule has 6 heteroatoms. The summed E-state index contributed by atoms with van der Waals surface area (Å²) in [6, 6.07) is 10.9. The Balaban J connectivity index is 1.67. The molecule has 5 nitrogen and oxygen atoms in total. The molecule has 2 aromatic rings. The molecule has 2 heterocycles. The highest BCUT2D eigenvalue weighted by Crippen LogP contribution is 2.24. The molecular weight excluding hydrogens is 300 g/mol. The van der Waals surface area contributed by atoms with Crippen LogP contribution in [0.25, 0.3) is 0 Å². The summed E-state index contributed by atoms with van der Waals surface area (Å²) in [6.07, 6.45) is -0.470. The maximum Gasteiger partial charge on any atom is 0.256 e. The molecule has 2 atom stereocenters. The van der Waals surface area contributed by atoms with E-state index in [1.165, 1.54) is 0 Å². The monoisotopic (exact) mass is 316 g/mol. The van der Waals surface area contributed by atoms with Crippen molar-refractivity contribution in [2.75, 3.05) is 5.32 Å². The maximum absolute atomic E-state index is 12.3. The van der Waals surface area contributed by atoms with Crippen molar-refractivity contribution in [3.63, 3.8) is 0 Å². The minimum absolute atomic E-state index is 0.0557. The lowest BCUT2D eigenvalue weighted by atomic mass is 10.1. The molecule has 0 saturated carbocycles. The molecule has 1 aliphatic rings. The molecule has 0 unspecified atom stereocenters. The van der Waals surface area contributed by atoms with Gasteiger partial charge in [-0.15, -0.1) is 11.3 Å². The van der Waals surface area contributed by atoms with Gasteiger partial charge in [0.1, 0.15) is 0 Å². The number of para-hydroxylation sites is 1. The van der Waals surface area contributed by atoms with Gasteiger partial charge in [-0.25, -0.2) is 0 Å². The Morgan fingerprint density at radius 1 is 1.23 bits per heavy atom. The number of nitrogens with one attached hydrogen (secondary N) is 2. The molecule has 1 saturated heterocycles. The quantitative estimate of drug-likeness (QED) is 0.832. The number of amides is 2. The van der Waals surface area contributed by atoms with Gasteiger partial charge in [0.2, 0.25) is 0 Å². The van der Waals surface area contributed by atoms with Crippen molar-refractivity contribution in [3.05, 3.63) is 52.2 Å². The van der Waals surface area contributed by atoms with E-state index in [1.54, 1.807) is 35.6 Å². The summed E-state index contributed by atoms with van der Waals surface area (Å²) in [4.78, 5) is 25.3. The fourth-order valence-corrected chi connectivity index (χ4v) is 2.78. The summed E-state index contributed by atoms with van der Waals surface area (Å²) in [7, 11) is 0. The number of hydrogen-bond acceptors (Lipinski definition) is 4. The van der Waals surface area contributed by atoms with Crippen LogP contribution in [0.1, 0.15) is 22.2 Å². The lowest BCUT2D eigenvalue weighted by Crippen LogP contribution is -2.26. The highest BCUT2D eigenvalue weighted by atomic mass is 32.1. The summed E-state index contributed by atoms with van der Waals surface area (Å²) >= 11 is 1.59. The summed E-state index contributed by atoms with van der Waals surface area (Å²) in [5, 5.41) is 7.58. The third-order valence-corrected chi connectivity index (χ3v) is 4.28. The highest BCUT2D eigenvalue weighted by molar-refractivity contribution is 7.09. The Labute approximate surface area is 132 Å². The number of ether oxygens (including phenoxy) is 1. The number of carbonyl (C=O) groups excluding carboxylic acids is 2. The Hall–Kier alpha value is -2.18. The molecule has 2 amide bonds. The van der Waals surface area contributed by atoms with Gasteiger partial charge in [0.15, 0.2) is 6.10 Å². The SMILES string of the molecule is C[C@@H]1O[C@H]1C(=O)Nc1ccccc1C(=O)NCc1cccs1. The predicted molar refractivity (Wildman–Crippen MR) is 84.9 cm³/mol. The third kappa shape index (κ3) is 3.35. The zero-order chi connectivity index (χ0) is 15.5. The van der Waals surface area contributed by atoms with Crippen LogP contribution in [0.2, 0.25) is 0 Å². The van der Waals surface area contributed by atoms with Crippen molar-refractivity contribution in [2.24, 2.45) is 0 Å². The predicted octanol–water partition coefficient (Wildman–Crippen LogP) is 2.40. The van der Waals surface area contributed by atoms with E-state index in [4.69, 9.17) is 4.74 Å². The van der Waals surface area contributed by atoms with Gasteiger partial charge in [-0.2, -0.15) is 0 Å². The Morgan fingerprint density at radius 3 is 2.68 bits per heavy atom. The van der Waals surface area contributed by atoms with Gasteiger partial charge in [0.05, 0.1) is 23.9 Å². The van der Waals surface area contributed by atoms with Crippen molar-refractivity contribution in [3.8, 4) is 0 Å². The van der Waals surface area contributed by atoms with Crippen molar-refractivity contribution in [1.82, 2.24) is 5.32 Å². The van der Waals surface area contributed by atoms with Crippen molar-refractivity contribution in [1.29, 1.82) is 0 Å². The molecule has 0 spiro atoms. The molecule has 0 radical (unpaired) electrons. The second-order valence-electron chi connectivity index (χ2n) is 5.06. The average Bonchev–Trinajstić information content (AvgIpc) is 3.03. The van der Waals surface area contributed by atoms with E-state index >= 15 is 0 Å².